The molecule has 0 radical (unpaired) electrons. The molecule has 0 unspecified atom stereocenters. The first-order valence-corrected chi connectivity index (χ1v) is 6.89. The quantitative estimate of drug-likeness (QED) is 0.941. The smallest absolute Gasteiger partial charge is 0.0629 e. The Hall–Kier alpha value is -0.780. The van der Waals surface area contributed by atoms with Gasteiger partial charge < -0.3 is 5.32 Å². The van der Waals surface area contributed by atoms with Gasteiger partial charge in [0, 0.05) is 29.2 Å². The minimum absolute atomic E-state index is 0.885. The van der Waals surface area contributed by atoms with Gasteiger partial charge in [0.2, 0.25) is 0 Å². The van der Waals surface area contributed by atoms with Gasteiger partial charge in [-0.25, -0.2) is 0 Å². The first-order chi connectivity index (χ1) is 8.19. The summed E-state index contributed by atoms with van der Waals surface area (Å²) in [6.45, 7) is 0.885. The molecule has 2 aromatic rings. The standard InChI is InChI=1S/C12H14BrN3S/c1-14-6-9-3-4-12(11(13)5-9)17-10-7-15-16(2)8-10/h3-5,7-8,14H,6H2,1-2H3. The van der Waals surface area contributed by atoms with Crippen LogP contribution in [-0.2, 0) is 13.6 Å². The van der Waals surface area contributed by atoms with Crippen LogP contribution in [0.3, 0.4) is 0 Å². The number of rotatable bonds is 4. The first-order valence-electron chi connectivity index (χ1n) is 5.28. The summed E-state index contributed by atoms with van der Waals surface area (Å²) in [6.07, 6.45) is 3.89. The summed E-state index contributed by atoms with van der Waals surface area (Å²) in [6, 6.07) is 6.42. The molecular formula is C12H14BrN3S. The minimum atomic E-state index is 0.885. The van der Waals surface area contributed by atoms with Crippen LogP contribution in [0.25, 0.3) is 0 Å². The van der Waals surface area contributed by atoms with Crippen molar-refractivity contribution in [3.8, 4) is 0 Å². The van der Waals surface area contributed by atoms with Gasteiger partial charge in [-0.05, 0) is 40.7 Å². The molecular weight excluding hydrogens is 298 g/mol. The Bertz CT molecular complexity index is 510. The summed E-state index contributed by atoms with van der Waals surface area (Å²) < 4.78 is 2.94. The highest BCUT2D eigenvalue weighted by Crippen LogP contribution is 2.33. The lowest BCUT2D eigenvalue weighted by molar-refractivity contribution is 0.766. The molecule has 1 heterocycles. The number of aryl methyl sites for hydroxylation is 1. The summed E-state index contributed by atoms with van der Waals surface area (Å²) in [7, 11) is 3.88. The molecule has 2 rings (SSSR count). The SMILES string of the molecule is CNCc1ccc(Sc2cnn(C)c2)c(Br)c1. The van der Waals surface area contributed by atoms with E-state index in [-0.39, 0.29) is 0 Å². The lowest BCUT2D eigenvalue weighted by Gasteiger charge is -2.05. The number of aromatic nitrogens is 2. The molecule has 3 nitrogen and oxygen atoms in total. The zero-order valence-electron chi connectivity index (χ0n) is 9.77. The largest absolute Gasteiger partial charge is 0.316 e. The lowest BCUT2D eigenvalue weighted by atomic mass is 10.2. The normalized spacial score (nSPS) is 10.8. The van der Waals surface area contributed by atoms with E-state index in [1.165, 1.54) is 10.5 Å². The molecule has 0 saturated carbocycles. The Morgan fingerprint density at radius 3 is 2.88 bits per heavy atom. The summed E-state index contributed by atoms with van der Waals surface area (Å²) in [4.78, 5) is 2.35. The topological polar surface area (TPSA) is 29.9 Å². The van der Waals surface area contributed by atoms with Crippen molar-refractivity contribution in [3.63, 3.8) is 0 Å². The van der Waals surface area contributed by atoms with Gasteiger partial charge in [-0.3, -0.25) is 4.68 Å². The Labute approximate surface area is 114 Å². The highest BCUT2D eigenvalue weighted by molar-refractivity contribution is 9.10. The predicted octanol–water partition coefficient (Wildman–Crippen LogP) is 3.05. The third-order valence-corrected chi connectivity index (χ3v) is 4.23. The molecule has 0 atom stereocenters. The summed E-state index contributed by atoms with van der Waals surface area (Å²) >= 11 is 5.32. The van der Waals surface area contributed by atoms with E-state index in [1.54, 1.807) is 11.8 Å². The van der Waals surface area contributed by atoms with E-state index >= 15 is 0 Å². The monoisotopic (exact) mass is 311 g/mol. The van der Waals surface area contributed by atoms with Gasteiger partial charge in [0.1, 0.15) is 0 Å². The average molecular weight is 312 g/mol. The number of halogens is 1. The van der Waals surface area contributed by atoms with Crippen LogP contribution >= 0.6 is 27.7 Å². The Morgan fingerprint density at radius 1 is 1.47 bits per heavy atom. The minimum Gasteiger partial charge on any atom is -0.316 e. The molecule has 0 spiro atoms. The molecule has 0 aliphatic rings. The van der Waals surface area contributed by atoms with Crippen LogP contribution < -0.4 is 5.32 Å². The van der Waals surface area contributed by atoms with E-state index in [2.05, 4.69) is 44.5 Å². The molecule has 90 valence electrons. The molecule has 1 N–H and O–H groups in total. The Balaban J connectivity index is 2.16. The highest BCUT2D eigenvalue weighted by Gasteiger charge is 2.05. The Kier molecular flexibility index (Phi) is 4.25. The van der Waals surface area contributed by atoms with E-state index < -0.39 is 0 Å². The fourth-order valence-corrected chi connectivity index (χ4v) is 3.04. The van der Waals surface area contributed by atoms with Crippen molar-refractivity contribution in [2.45, 2.75) is 16.3 Å². The fraction of sp³-hybridized carbons (Fsp3) is 0.250. The van der Waals surface area contributed by atoms with Crippen LogP contribution in [0.4, 0.5) is 0 Å². The van der Waals surface area contributed by atoms with Gasteiger partial charge in [0.05, 0.1) is 11.1 Å². The molecule has 0 amide bonds. The van der Waals surface area contributed by atoms with Crippen molar-refractivity contribution in [1.29, 1.82) is 0 Å². The van der Waals surface area contributed by atoms with Gasteiger partial charge >= 0.3 is 0 Å². The molecule has 0 fully saturated rings. The summed E-state index contributed by atoms with van der Waals surface area (Å²) in [5, 5.41) is 7.30. The van der Waals surface area contributed by atoms with Crippen LogP contribution in [0.5, 0.6) is 0 Å². The average Bonchev–Trinajstić information content (AvgIpc) is 2.69. The second-order valence-corrected chi connectivity index (χ2v) is 5.72. The number of nitrogens with zero attached hydrogens (tertiary/aromatic N) is 2. The molecule has 1 aromatic heterocycles. The molecule has 0 aliphatic heterocycles. The maximum absolute atomic E-state index is 4.16. The van der Waals surface area contributed by atoms with Crippen LogP contribution in [-0.4, -0.2) is 16.8 Å². The Morgan fingerprint density at radius 2 is 2.29 bits per heavy atom. The molecule has 5 heteroatoms. The first kappa shape index (κ1) is 12.7. The maximum atomic E-state index is 4.16. The van der Waals surface area contributed by atoms with Crippen molar-refractivity contribution in [2.24, 2.45) is 7.05 Å². The van der Waals surface area contributed by atoms with Gasteiger partial charge in [-0.15, -0.1) is 0 Å². The van der Waals surface area contributed by atoms with Crippen molar-refractivity contribution in [3.05, 3.63) is 40.6 Å². The summed E-state index contributed by atoms with van der Waals surface area (Å²) in [5.41, 5.74) is 1.27. The van der Waals surface area contributed by atoms with Crippen LogP contribution in [0, 0.1) is 0 Å². The van der Waals surface area contributed by atoms with E-state index in [1.807, 2.05) is 31.2 Å². The van der Waals surface area contributed by atoms with Crippen molar-refractivity contribution in [1.82, 2.24) is 15.1 Å². The van der Waals surface area contributed by atoms with E-state index in [0.717, 1.165) is 15.9 Å². The molecule has 0 bridgehead atoms. The maximum Gasteiger partial charge on any atom is 0.0629 e. The molecule has 17 heavy (non-hydrogen) atoms. The molecule has 0 aliphatic carbocycles. The van der Waals surface area contributed by atoms with E-state index in [9.17, 15) is 0 Å². The third kappa shape index (κ3) is 3.34. The third-order valence-electron chi connectivity index (χ3n) is 2.29. The van der Waals surface area contributed by atoms with Gasteiger partial charge in [-0.2, -0.15) is 5.10 Å². The molecule has 1 aromatic carbocycles. The van der Waals surface area contributed by atoms with Gasteiger partial charge in [-0.1, -0.05) is 17.8 Å². The number of nitrogens with one attached hydrogen (secondary N) is 1. The van der Waals surface area contributed by atoms with Gasteiger partial charge in [0.15, 0.2) is 0 Å². The van der Waals surface area contributed by atoms with Crippen molar-refractivity contribution < 1.29 is 0 Å². The van der Waals surface area contributed by atoms with E-state index in [4.69, 9.17) is 0 Å². The number of hydrogen-bond acceptors (Lipinski definition) is 3. The zero-order chi connectivity index (χ0) is 12.3. The van der Waals surface area contributed by atoms with Gasteiger partial charge in [0.25, 0.3) is 0 Å². The van der Waals surface area contributed by atoms with Crippen molar-refractivity contribution in [2.75, 3.05) is 7.05 Å². The number of hydrogen-bond donors (Lipinski definition) is 1. The van der Waals surface area contributed by atoms with Crippen LogP contribution in [0.15, 0.2) is 44.9 Å². The highest BCUT2D eigenvalue weighted by atomic mass is 79.9. The lowest BCUT2D eigenvalue weighted by Crippen LogP contribution is -2.04. The number of benzene rings is 1. The predicted molar refractivity (Wildman–Crippen MR) is 74.2 cm³/mol. The van der Waals surface area contributed by atoms with E-state index in [0.29, 0.717) is 0 Å². The molecule has 0 saturated heterocycles. The second kappa shape index (κ2) is 5.71. The van der Waals surface area contributed by atoms with Crippen molar-refractivity contribution >= 4 is 27.7 Å². The second-order valence-electron chi connectivity index (χ2n) is 3.75. The summed E-state index contributed by atoms with van der Waals surface area (Å²) in [5.74, 6) is 0. The zero-order valence-corrected chi connectivity index (χ0v) is 12.2. The fourth-order valence-electron chi connectivity index (χ4n) is 1.52. The van der Waals surface area contributed by atoms with Crippen LogP contribution in [0.2, 0.25) is 0 Å². The van der Waals surface area contributed by atoms with Crippen LogP contribution in [0.1, 0.15) is 5.56 Å².